The van der Waals surface area contributed by atoms with Crippen LogP contribution in [0, 0.1) is 0 Å². The van der Waals surface area contributed by atoms with Crippen LogP contribution in [0.2, 0.25) is 0 Å². The Hall–Kier alpha value is -9.24. The van der Waals surface area contributed by atoms with E-state index in [2.05, 4.69) is 44.1 Å². The van der Waals surface area contributed by atoms with Gasteiger partial charge in [-0.05, 0) is 36.6 Å². The van der Waals surface area contributed by atoms with E-state index < -0.39 is 0 Å². The first-order valence-corrected chi connectivity index (χ1v) is 27.1. The maximum atomic E-state index is 12.7. The minimum absolute atomic E-state index is 0.0109. The lowest BCUT2D eigenvalue weighted by atomic mass is 10.0. The first-order chi connectivity index (χ1) is 38.8. The molecule has 3 amide bonds. The second-order valence-electron chi connectivity index (χ2n) is 19.6. The van der Waals surface area contributed by atoms with Crippen LogP contribution < -0.4 is 4.74 Å². The molecule has 12 rings (SSSR count). The molecule has 0 saturated carbocycles. The number of nitrogens with zero attached hydrogens (tertiary/aromatic N) is 7. The van der Waals surface area contributed by atoms with Crippen molar-refractivity contribution in [3.63, 3.8) is 0 Å². The predicted molar refractivity (Wildman–Crippen MR) is 303 cm³/mol. The molecular formula is C64H65N9O6. The number of aromatic amines is 2. The molecule has 0 aliphatic carbocycles. The fourth-order valence-electron chi connectivity index (χ4n) is 10.1. The summed E-state index contributed by atoms with van der Waals surface area (Å²) in [5, 5.41) is 20.0. The largest absolute Gasteiger partial charge is 0.484 e. The van der Waals surface area contributed by atoms with Crippen LogP contribution >= 0.6 is 0 Å². The van der Waals surface area contributed by atoms with Crippen molar-refractivity contribution in [3.05, 3.63) is 227 Å². The van der Waals surface area contributed by atoms with E-state index in [9.17, 15) is 14.4 Å². The molecule has 15 nitrogen and oxygen atoms in total. The zero-order valence-corrected chi connectivity index (χ0v) is 44.7. The molecule has 1 atom stereocenters. The van der Waals surface area contributed by atoms with Crippen molar-refractivity contribution in [1.82, 2.24) is 44.9 Å². The van der Waals surface area contributed by atoms with Crippen molar-refractivity contribution in [2.24, 2.45) is 0 Å². The summed E-state index contributed by atoms with van der Waals surface area (Å²) >= 11 is 0. The number of ether oxygens (including phenoxy) is 3. The quantitative estimate of drug-likeness (QED) is 0.121. The number of benzene rings is 6. The van der Waals surface area contributed by atoms with E-state index >= 15 is 0 Å². The molecule has 2 N–H and O–H groups in total. The van der Waals surface area contributed by atoms with E-state index in [1.807, 2.05) is 182 Å². The zero-order valence-electron chi connectivity index (χ0n) is 44.7. The molecular weight excluding hydrogens is 991 g/mol. The number of aromatic nitrogens is 6. The summed E-state index contributed by atoms with van der Waals surface area (Å²) in [6.07, 6.45) is 2.47. The Morgan fingerprint density at radius 2 is 1.04 bits per heavy atom. The number of nitrogens with one attached hydrogen (secondary N) is 2. The van der Waals surface area contributed by atoms with Gasteiger partial charge in [0.05, 0.1) is 35.9 Å². The molecule has 3 aliphatic heterocycles. The van der Waals surface area contributed by atoms with E-state index in [-0.39, 0.29) is 30.8 Å². The normalized spacial score (nSPS) is 13.7. The van der Waals surface area contributed by atoms with Crippen molar-refractivity contribution in [1.29, 1.82) is 0 Å². The number of aryl methyl sites for hydroxylation is 1. The SMILES string of the molecule is CC(OC(=O)N1CCc2[nH]nc(-c3ccccc3)c2C1)c1ccccc1.CCCn1nc2c(c1-c1ccccc1)CN(C(=O)COc1ccccc1)CC2.O=C(OCc1ccccc1)N1CCc2[nH]nc(-c3ccccc3)c2C1. The number of H-pyrrole nitrogens is 2. The Kier molecular flexibility index (Phi) is 17.3. The van der Waals surface area contributed by atoms with Gasteiger partial charge in [-0.2, -0.15) is 15.3 Å². The average Bonchev–Trinajstić information content (AvgIpc) is 4.33. The highest BCUT2D eigenvalue weighted by Gasteiger charge is 2.30. The third-order valence-electron chi connectivity index (χ3n) is 14.3. The van der Waals surface area contributed by atoms with Gasteiger partial charge in [-0.25, -0.2) is 9.59 Å². The molecule has 402 valence electrons. The molecule has 0 radical (unpaired) electrons. The number of carbonyl (C=O) groups excluding carboxylic acids is 3. The number of hydrogen-bond acceptors (Lipinski definition) is 9. The zero-order chi connectivity index (χ0) is 54.3. The minimum Gasteiger partial charge on any atom is -0.484 e. The van der Waals surface area contributed by atoms with Gasteiger partial charge in [0.1, 0.15) is 18.5 Å². The van der Waals surface area contributed by atoms with Gasteiger partial charge in [0, 0.05) is 96.8 Å². The highest BCUT2D eigenvalue weighted by Crippen LogP contribution is 2.33. The van der Waals surface area contributed by atoms with Crippen molar-refractivity contribution in [2.75, 3.05) is 26.2 Å². The monoisotopic (exact) mass is 1060 g/mol. The summed E-state index contributed by atoms with van der Waals surface area (Å²) < 4.78 is 18.9. The number of fused-ring (bicyclic) bond motifs is 3. The lowest BCUT2D eigenvalue weighted by Crippen LogP contribution is -2.38. The topological polar surface area (TPSA) is 164 Å². The Labute approximate surface area is 460 Å². The summed E-state index contributed by atoms with van der Waals surface area (Å²) in [6.45, 7) is 8.84. The van der Waals surface area contributed by atoms with Crippen LogP contribution in [0.5, 0.6) is 5.75 Å². The Bertz CT molecular complexity index is 3410. The summed E-state index contributed by atoms with van der Waals surface area (Å²) in [6, 6.07) is 59.4. The van der Waals surface area contributed by atoms with Gasteiger partial charge in [-0.1, -0.05) is 177 Å². The smallest absolute Gasteiger partial charge is 0.410 e. The fraction of sp³-hybridized carbons (Fsp3) is 0.250. The summed E-state index contributed by atoms with van der Waals surface area (Å²) in [4.78, 5) is 43.2. The number of rotatable bonds is 12. The molecule has 0 spiro atoms. The molecule has 3 aliphatic rings. The highest BCUT2D eigenvalue weighted by molar-refractivity contribution is 5.79. The minimum atomic E-state index is -0.285. The second-order valence-corrected chi connectivity index (χ2v) is 19.6. The Balaban J connectivity index is 0.000000134. The third kappa shape index (κ3) is 13.1. The van der Waals surface area contributed by atoms with E-state index in [1.54, 1.807) is 9.80 Å². The number of amides is 3. The molecule has 9 aromatic rings. The van der Waals surface area contributed by atoms with Gasteiger partial charge in [0.25, 0.3) is 5.91 Å². The van der Waals surface area contributed by atoms with Crippen LogP contribution in [0.25, 0.3) is 33.8 Å². The van der Waals surface area contributed by atoms with Crippen LogP contribution in [0.3, 0.4) is 0 Å². The number of carbonyl (C=O) groups is 3. The van der Waals surface area contributed by atoms with Gasteiger partial charge in [-0.15, -0.1) is 0 Å². The van der Waals surface area contributed by atoms with Crippen LogP contribution in [0.4, 0.5) is 9.59 Å². The van der Waals surface area contributed by atoms with Crippen molar-refractivity contribution in [2.45, 2.75) is 78.4 Å². The lowest BCUT2D eigenvalue weighted by molar-refractivity contribution is -0.134. The second kappa shape index (κ2) is 25.7. The maximum absolute atomic E-state index is 12.7. The van der Waals surface area contributed by atoms with Gasteiger partial charge in [-0.3, -0.25) is 19.7 Å². The molecule has 3 aromatic heterocycles. The third-order valence-corrected chi connectivity index (χ3v) is 14.3. The van der Waals surface area contributed by atoms with Crippen LogP contribution in [0.15, 0.2) is 182 Å². The summed E-state index contributed by atoms with van der Waals surface area (Å²) in [5.74, 6) is 0.728. The van der Waals surface area contributed by atoms with Crippen molar-refractivity contribution in [3.8, 4) is 39.5 Å². The van der Waals surface area contributed by atoms with Crippen LogP contribution in [-0.4, -0.2) is 89.2 Å². The average molecular weight is 1060 g/mol. The molecule has 6 aromatic carbocycles. The summed E-state index contributed by atoms with van der Waals surface area (Å²) in [5.41, 5.74) is 14.8. The fourth-order valence-corrected chi connectivity index (χ4v) is 10.1. The van der Waals surface area contributed by atoms with E-state index in [4.69, 9.17) is 19.3 Å². The first kappa shape index (κ1) is 53.2. The van der Waals surface area contributed by atoms with Crippen molar-refractivity contribution >= 4 is 18.1 Å². The molecule has 79 heavy (non-hydrogen) atoms. The molecule has 15 heteroatoms. The number of hydrogen-bond donors (Lipinski definition) is 2. The highest BCUT2D eigenvalue weighted by atomic mass is 16.6. The Morgan fingerprint density at radius 1 is 0.557 bits per heavy atom. The standard InChI is InChI=1S/C23H25N3O2.C21H21N3O2.C20H19N3O2/c1-2-14-26-23(18-9-5-3-6-10-18)20-16-25(15-13-21(20)24-26)22(27)17-28-19-11-7-4-8-12-19;1-15(16-8-4-2-5-9-16)26-21(25)24-13-12-19-18(14-24)20(23-22-19)17-10-6-3-7-11-17;24-20(25-14-15-7-3-1-4-8-15)23-12-11-18-17(13-23)19(22-21-18)16-9-5-2-6-10-16/h3-12H,2,13-17H2,1H3;2-11,15H,12-14H2,1H3,(H,22,23);1-10H,11-14H2,(H,21,22). The maximum Gasteiger partial charge on any atom is 0.410 e. The first-order valence-electron chi connectivity index (χ1n) is 27.1. The molecule has 1 unspecified atom stereocenters. The van der Waals surface area contributed by atoms with E-state index in [0.717, 1.165) is 105 Å². The van der Waals surface area contributed by atoms with Gasteiger partial charge in [0.15, 0.2) is 6.61 Å². The molecule has 6 heterocycles. The number of para-hydroxylation sites is 1. The van der Waals surface area contributed by atoms with Crippen molar-refractivity contribution < 1.29 is 28.6 Å². The molecule has 0 fully saturated rings. The van der Waals surface area contributed by atoms with E-state index in [0.29, 0.717) is 51.6 Å². The van der Waals surface area contributed by atoms with Crippen LogP contribution in [-0.2, 0) is 66.3 Å². The lowest BCUT2D eigenvalue weighted by Gasteiger charge is -2.28. The Morgan fingerprint density at radius 3 is 1.59 bits per heavy atom. The van der Waals surface area contributed by atoms with E-state index in [1.165, 1.54) is 5.56 Å². The molecule has 0 bridgehead atoms. The van der Waals surface area contributed by atoms with Gasteiger partial charge in [0.2, 0.25) is 0 Å². The van der Waals surface area contributed by atoms with Gasteiger partial charge >= 0.3 is 12.2 Å². The molecule has 0 saturated heterocycles. The predicted octanol–water partition coefficient (Wildman–Crippen LogP) is 12.0. The summed E-state index contributed by atoms with van der Waals surface area (Å²) in [7, 11) is 0. The van der Waals surface area contributed by atoms with Crippen LogP contribution in [0.1, 0.15) is 71.3 Å². The van der Waals surface area contributed by atoms with Gasteiger partial charge < -0.3 is 28.9 Å².